The van der Waals surface area contributed by atoms with Crippen molar-refractivity contribution < 1.29 is 19.1 Å². The summed E-state index contributed by atoms with van der Waals surface area (Å²) >= 11 is 0. The second kappa shape index (κ2) is 17.5. The highest BCUT2D eigenvalue weighted by Crippen LogP contribution is 2.30. The highest BCUT2D eigenvalue weighted by molar-refractivity contribution is 5.75. The number of rotatable bonds is 17. The van der Waals surface area contributed by atoms with E-state index in [1.54, 1.807) is 0 Å². The first-order valence-corrected chi connectivity index (χ1v) is 13.2. The predicted octanol–water partition coefficient (Wildman–Crippen LogP) is 7.48. The molecule has 1 aliphatic rings. The molecule has 0 spiro atoms. The molecule has 0 unspecified atom stereocenters. The largest absolute Gasteiger partial charge is 0.465 e. The molecule has 4 nitrogen and oxygen atoms in total. The van der Waals surface area contributed by atoms with Gasteiger partial charge in [0.15, 0.2) is 0 Å². The molecule has 1 saturated carbocycles. The summed E-state index contributed by atoms with van der Waals surface area (Å²) in [7, 11) is 0. The Bertz CT molecular complexity index is 464. The molecule has 182 valence electrons. The van der Waals surface area contributed by atoms with Gasteiger partial charge in [0.2, 0.25) is 0 Å². The first-order chi connectivity index (χ1) is 14.9. The van der Waals surface area contributed by atoms with Crippen molar-refractivity contribution in [3.63, 3.8) is 0 Å². The Morgan fingerprint density at radius 1 is 0.581 bits per heavy atom. The molecule has 0 saturated heterocycles. The topological polar surface area (TPSA) is 52.6 Å². The number of carbonyl (C=O) groups excluding carboxylic acids is 2. The number of ether oxygens (including phenoxy) is 2. The fourth-order valence-corrected chi connectivity index (χ4v) is 4.35. The summed E-state index contributed by atoms with van der Waals surface area (Å²) in [4.78, 5) is 24.5. The van der Waals surface area contributed by atoms with Gasteiger partial charge in [-0.25, -0.2) is 0 Å². The molecule has 0 aromatic rings. The van der Waals surface area contributed by atoms with Crippen LogP contribution in [-0.2, 0) is 19.1 Å². The van der Waals surface area contributed by atoms with Gasteiger partial charge in [-0.1, -0.05) is 79.1 Å². The van der Waals surface area contributed by atoms with Crippen LogP contribution >= 0.6 is 0 Å². The molecule has 0 aromatic heterocycles. The summed E-state index contributed by atoms with van der Waals surface area (Å²) < 4.78 is 10.9. The number of hydrogen-bond donors (Lipinski definition) is 0. The van der Waals surface area contributed by atoms with Crippen LogP contribution in [0.1, 0.15) is 124 Å². The van der Waals surface area contributed by atoms with E-state index in [4.69, 9.17) is 9.47 Å². The summed E-state index contributed by atoms with van der Waals surface area (Å²) in [5.41, 5.74) is 0. The zero-order valence-corrected chi connectivity index (χ0v) is 21.0. The van der Waals surface area contributed by atoms with Crippen molar-refractivity contribution in [2.24, 2.45) is 23.7 Å². The zero-order chi connectivity index (χ0) is 22.9. The van der Waals surface area contributed by atoms with Crippen molar-refractivity contribution in [3.8, 4) is 0 Å². The van der Waals surface area contributed by atoms with Gasteiger partial charge >= 0.3 is 11.9 Å². The molecule has 0 heterocycles. The van der Waals surface area contributed by atoms with Gasteiger partial charge in [0.1, 0.15) is 0 Å². The quantitative estimate of drug-likeness (QED) is 0.174. The number of esters is 2. The van der Waals surface area contributed by atoms with Gasteiger partial charge in [0.25, 0.3) is 0 Å². The molecular formula is C27H50O4. The van der Waals surface area contributed by atoms with Gasteiger partial charge in [-0.3, -0.25) is 9.59 Å². The minimum absolute atomic E-state index is 0.0316. The maximum Gasteiger partial charge on any atom is 0.308 e. The third kappa shape index (κ3) is 14.6. The summed E-state index contributed by atoms with van der Waals surface area (Å²) in [6.45, 7) is 10.0. The predicted molar refractivity (Wildman–Crippen MR) is 128 cm³/mol. The zero-order valence-electron chi connectivity index (χ0n) is 21.0. The minimum atomic E-state index is -0.0736. The maximum absolute atomic E-state index is 12.3. The standard InChI is InChI=1S/C27H50O4/c1-22(2)14-11-9-7-5-6-8-10-12-20-30-26(28)24-16-18-25(19-17-24)27(29)31-21-13-15-23(3)4/h22-25H,5-21H2,1-4H3. The van der Waals surface area contributed by atoms with Crippen LogP contribution in [0.15, 0.2) is 0 Å². The third-order valence-corrected chi connectivity index (χ3v) is 6.48. The maximum atomic E-state index is 12.3. The van der Waals surface area contributed by atoms with E-state index in [0.29, 0.717) is 19.1 Å². The highest BCUT2D eigenvalue weighted by atomic mass is 16.5. The minimum Gasteiger partial charge on any atom is -0.465 e. The lowest BCUT2D eigenvalue weighted by Gasteiger charge is -2.26. The van der Waals surface area contributed by atoms with Gasteiger partial charge in [-0.05, 0) is 56.8 Å². The van der Waals surface area contributed by atoms with Gasteiger partial charge in [0, 0.05) is 0 Å². The third-order valence-electron chi connectivity index (χ3n) is 6.48. The first kappa shape index (κ1) is 28.0. The van der Waals surface area contributed by atoms with E-state index in [2.05, 4.69) is 27.7 Å². The molecule has 0 atom stereocenters. The van der Waals surface area contributed by atoms with E-state index in [-0.39, 0.29) is 23.8 Å². The lowest BCUT2D eigenvalue weighted by Crippen LogP contribution is -2.28. The smallest absolute Gasteiger partial charge is 0.308 e. The van der Waals surface area contributed by atoms with E-state index >= 15 is 0 Å². The Morgan fingerprint density at radius 3 is 1.39 bits per heavy atom. The van der Waals surface area contributed by atoms with Crippen molar-refractivity contribution in [2.45, 2.75) is 124 Å². The van der Waals surface area contributed by atoms with Crippen LogP contribution < -0.4 is 0 Å². The summed E-state index contributed by atoms with van der Waals surface area (Å²) in [6.07, 6.45) is 16.5. The molecule has 1 aliphatic carbocycles. The Morgan fingerprint density at radius 2 is 0.935 bits per heavy atom. The van der Waals surface area contributed by atoms with E-state index in [1.807, 2.05) is 0 Å². The van der Waals surface area contributed by atoms with Crippen LogP contribution in [0.5, 0.6) is 0 Å². The molecule has 0 radical (unpaired) electrons. The molecule has 0 aliphatic heterocycles. The second-order valence-corrected chi connectivity index (χ2v) is 10.4. The van der Waals surface area contributed by atoms with Gasteiger partial charge in [0.05, 0.1) is 25.0 Å². The number of carbonyl (C=O) groups is 2. The van der Waals surface area contributed by atoms with Gasteiger partial charge in [-0.15, -0.1) is 0 Å². The molecule has 0 N–H and O–H groups in total. The van der Waals surface area contributed by atoms with Crippen molar-refractivity contribution in [3.05, 3.63) is 0 Å². The Balaban J connectivity index is 1.97. The summed E-state index contributed by atoms with van der Waals surface area (Å²) in [6, 6.07) is 0. The van der Waals surface area contributed by atoms with Crippen LogP contribution in [0.4, 0.5) is 0 Å². The van der Waals surface area contributed by atoms with E-state index in [9.17, 15) is 9.59 Å². The second-order valence-electron chi connectivity index (χ2n) is 10.4. The van der Waals surface area contributed by atoms with Crippen LogP contribution in [0.2, 0.25) is 0 Å². The fraction of sp³-hybridized carbons (Fsp3) is 0.926. The van der Waals surface area contributed by atoms with Crippen molar-refractivity contribution in [1.82, 2.24) is 0 Å². The number of hydrogen-bond acceptors (Lipinski definition) is 4. The lowest BCUT2D eigenvalue weighted by molar-refractivity contribution is -0.155. The van der Waals surface area contributed by atoms with E-state index in [0.717, 1.165) is 57.3 Å². The van der Waals surface area contributed by atoms with Crippen molar-refractivity contribution in [2.75, 3.05) is 13.2 Å². The Labute approximate surface area is 192 Å². The van der Waals surface area contributed by atoms with Crippen molar-refractivity contribution >= 4 is 11.9 Å². The summed E-state index contributed by atoms with van der Waals surface area (Å²) in [5, 5.41) is 0. The Kier molecular flexibility index (Phi) is 15.8. The SMILES string of the molecule is CC(C)CCCCCCCCCCOC(=O)C1CCC(C(=O)OCCCC(C)C)CC1. The molecule has 0 bridgehead atoms. The number of unbranched alkanes of at least 4 members (excludes halogenated alkanes) is 7. The average molecular weight is 439 g/mol. The van der Waals surface area contributed by atoms with E-state index in [1.165, 1.54) is 44.9 Å². The van der Waals surface area contributed by atoms with E-state index < -0.39 is 0 Å². The molecule has 1 fully saturated rings. The molecule has 4 heteroatoms. The normalized spacial score (nSPS) is 19.0. The molecular weight excluding hydrogens is 388 g/mol. The molecule has 1 rings (SSSR count). The van der Waals surface area contributed by atoms with Crippen LogP contribution in [-0.4, -0.2) is 25.2 Å². The van der Waals surface area contributed by atoms with Crippen LogP contribution in [0.25, 0.3) is 0 Å². The van der Waals surface area contributed by atoms with Crippen molar-refractivity contribution in [1.29, 1.82) is 0 Å². The highest BCUT2D eigenvalue weighted by Gasteiger charge is 2.31. The monoisotopic (exact) mass is 438 g/mol. The molecule has 0 amide bonds. The van der Waals surface area contributed by atoms with Gasteiger partial charge < -0.3 is 9.47 Å². The molecule has 31 heavy (non-hydrogen) atoms. The summed E-state index contributed by atoms with van der Waals surface area (Å²) in [5.74, 6) is 1.27. The van der Waals surface area contributed by atoms with Crippen LogP contribution in [0.3, 0.4) is 0 Å². The average Bonchev–Trinajstić information content (AvgIpc) is 2.74. The Hall–Kier alpha value is -1.06. The first-order valence-electron chi connectivity index (χ1n) is 13.2. The molecule has 0 aromatic carbocycles. The lowest BCUT2D eigenvalue weighted by atomic mass is 9.82. The van der Waals surface area contributed by atoms with Gasteiger partial charge in [-0.2, -0.15) is 0 Å². The fourth-order valence-electron chi connectivity index (χ4n) is 4.35. The van der Waals surface area contributed by atoms with Crippen LogP contribution in [0, 0.1) is 23.7 Å².